The SMILES string of the molecule is O=C(NNC(=O)c1cc(-c2ccccc2)on1)c1cccc(C(F)(F)F)c1. The number of hydrogen-bond donors (Lipinski definition) is 2. The van der Waals surface area contributed by atoms with Crippen LogP contribution in [-0.4, -0.2) is 17.0 Å². The maximum absolute atomic E-state index is 12.7. The summed E-state index contributed by atoms with van der Waals surface area (Å²) in [6.45, 7) is 0. The Morgan fingerprint density at radius 2 is 1.59 bits per heavy atom. The number of hydrogen-bond acceptors (Lipinski definition) is 4. The topological polar surface area (TPSA) is 84.2 Å². The summed E-state index contributed by atoms with van der Waals surface area (Å²) < 4.78 is 43.1. The molecule has 0 saturated carbocycles. The van der Waals surface area contributed by atoms with Crippen molar-refractivity contribution >= 4 is 11.8 Å². The minimum Gasteiger partial charge on any atom is -0.355 e. The Balaban J connectivity index is 1.64. The molecule has 0 atom stereocenters. The lowest BCUT2D eigenvalue weighted by Gasteiger charge is -2.09. The highest BCUT2D eigenvalue weighted by Crippen LogP contribution is 2.29. The number of amides is 2. The molecule has 9 heteroatoms. The van der Waals surface area contributed by atoms with E-state index in [4.69, 9.17) is 4.52 Å². The van der Waals surface area contributed by atoms with Crippen molar-refractivity contribution in [1.82, 2.24) is 16.0 Å². The molecule has 27 heavy (non-hydrogen) atoms. The number of rotatable bonds is 3. The minimum absolute atomic E-state index is 0.0989. The van der Waals surface area contributed by atoms with E-state index in [1.165, 1.54) is 12.1 Å². The van der Waals surface area contributed by atoms with E-state index in [2.05, 4.69) is 10.6 Å². The lowest BCUT2D eigenvalue weighted by Crippen LogP contribution is -2.41. The van der Waals surface area contributed by atoms with E-state index in [0.717, 1.165) is 12.1 Å². The first kappa shape index (κ1) is 18.2. The van der Waals surface area contributed by atoms with Crippen molar-refractivity contribution in [2.24, 2.45) is 0 Å². The number of nitrogens with one attached hydrogen (secondary N) is 2. The number of alkyl halides is 3. The summed E-state index contributed by atoms with van der Waals surface area (Å²) >= 11 is 0. The summed E-state index contributed by atoms with van der Waals surface area (Å²) in [5, 5.41) is 3.60. The molecule has 0 unspecified atom stereocenters. The van der Waals surface area contributed by atoms with Gasteiger partial charge in [0.1, 0.15) is 0 Å². The van der Waals surface area contributed by atoms with Gasteiger partial charge < -0.3 is 4.52 Å². The fourth-order valence-corrected chi connectivity index (χ4v) is 2.21. The number of aromatic nitrogens is 1. The van der Waals surface area contributed by atoms with Crippen LogP contribution in [0.15, 0.2) is 65.2 Å². The van der Waals surface area contributed by atoms with E-state index < -0.39 is 23.6 Å². The fourth-order valence-electron chi connectivity index (χ4n) is 2.21. The van der Waals surface area contributed by atoms with Gasteiger partial charge in [0.2, 0.25) is 0 Å². The van der Waals surface area contributed by atoms with Gasteiger partial charge >= 0.3 is 6.18 Å². The summed E-state index contributed by atoms with van der Waals surface area (Å²) in [4.78, 5) is 24.0. The van der Waals surface area contributed by atoms with Gasteiger partial charge in [0.25, 0.3) is 11.8 Å². The summed E-state index contributed by atoms with van der Waals surface area (Å²) in [5.41, 5.74) is 3.50. The van der Waals surface area contributed by atoms with Gasteiger partial charge in [-0.15, -0.1) is 0 Å². The lowest BCUT2D eigenvalue weighted by molar-refractivity contribution is -0.137. The highest BCUT2D eigenvalue weighted by atomic mass is 19.4. The molecule has 2 N–H and O–H groups in total. The van der Waals surface area contributed by atoms with Crippen molar-refractivity contribution < 1.29 is 27.3 Å². The first-order chi connectivity index (χ1) is 12.8. The summed E-state index contributed by atoms with van der Waals surface area (Å²) in [7, 11) is 0. The maximum atomic E-state index is 12.7. The molecule has 0 aliphatic heterocycles. The first-order valence-corrected chi connectivity index (χ1v) is 7.64. The van der Waals surface area contributed by atoms with Gasteiger partial charge in [0, 0.05) is 17.2 Å². The predicted molar refractivity (Wildman–Crippen MR) is 88.3 cm³/mol. The van der Waals surface area contributed by atoms with Crippen LogP contribution in [0.1, 0.15) is 26.4 Å². The van der Waals surface area contributed by atoms with Crippen LogP contribution in [0.4, 0.5) is 13.2 Å². The average Bonchev–Trinajstić information content (AvgIpc) is 3.16. The Bertz CT molecular complexity index is 968. The molecule has 3 aromatic rings. The second kappa shape index (κ2) is 7.32. The van der Waals surface area contributed by atoms with Crippen LogP contribution < -0.4 is 10.9 Å². The van der Waals surface area contributed by atoms with Crippen molar-refractivity contribution in [3.63, 3.8) is 0 Å². The van der Waals surface area contributed by atoms with Crippen molar-refractivity contribution in [1.29, 1.82) is 0 Å². The Morgan fingerprint density at radius 1 is 0.889 bits per heavy atom. The molecule has 6 nitrogen and oxygen atoms in total. The molecule has 0 saturated heterocycles. The number of nitrogens with zero attached hydrogens (tertiary/aromatic N) is 1. The van der Waals surface area contributed by atoms with E-state index in [1.807, 2.05) is 11.5 Å². The molecule has 1 aromatic heterocycles. The standard InChI is InChI=1S/C18H12F3N3O3/c19-18(20,21)13-8-4-7-12(9-13)16(25)22-23-17(26)14-10-15(27-24-14)11-5-2-1-3-6-11/h1-10H,(H,22,25)(H,23,26). The van der Waals surface area contributed by atoms with Crippen LogP contribution in [0.25, 0.3) is 11.3 Å². The van der Waals surface area contributed by atoms with Crippen LogP contribution in [0.5, 0.6) is 0 Å². The van der Waals surface area contributed by atoms with Gasteiger partial charge in [-0.3, -0.25) is 20.4 Å². The Morgan fingerprint density at radius 3 is 2.30 bits per heavy atom. The number of hydrazine groups is 1. The van der Waals surface area contributed by atoms with E-state index in [9.17, 15) is 22.8 Å². The fraction of sp³-hybridized carbons (Fsp3) is 0.0556. The summed E-state index contributed by atoms with van der Waals surface area (Å²) in [6, 6.07) is 14.1. The van der Waals surface area contributed by atoms with Crippen molar-refractivity contribution in [3.05, 3.63) is 77.5 Å². The molecule has 1 heterocycles. The van der Waals surface area contributed by atoms with Gasteiger partial charge in [-0.25, -0.2) is 0 Å². The summed E-state index contributed by atoms with van der Waals surface area (Å²) in [5.74, 6) is -1.33. The first-order valence-electron chi connectivity index (χ1n) is 7.64. The summed E-state index contributed by atoms with van der Waals surface area (Å²) in [6.07, 6.45) is -4.58. The minimum atomic E-state index is -4.58. The average molecular weight is 375 g/mol. The normalized spacial score (nSPS) is 11.1. The van der Waals surface area contributed by atoms with Gasteiger partial charge in [0.05, 0.1) is 5.56 Å². The molecule has 2 amide bonds. The zero-order valence-corrected chi connectivity index (χ0v) is 13.6. The number of carbonyl (C=O) groups excluding carboxylic acids is 2. The number of carbonyl (C=O) groups is 2. The van der Waals surface area contributed by atoms with Gasteiger partial charge in [0.15, 0.2) is 11.5 Å². The largest absolute Gasteiger partial charge is 0.416 e. The van der Waals surface area contributed by atoms with Crippen LogP contribution in [0, 0.1) is 0 Å². The monoisotopic (exact) mass is 375 g/mol. The van der Waals surface area contributed by atoms with Crippen LogP contribution in [-0.2, 0) is 6.18 Å². The molecule has 2 aromatic carbocycles. The molecule has 3 rings (SSSR count). The number of halogens is 3. The van der Waals surface area contributed by atoms with E-state index in [-0.39, 0.29) is 11.3 Å². The molecule has 0 radical (unpaired) electrons. The number of benzene rings is 2. The Hall–Kier alpha value is -3.62. The van der Waals surface area contributed by atoms with Crippen LogP contribution >= 0.6 is 0 Å². The molecular formula is C18H12F3N3O3. The molecule has 0 aliphatic rings. The lowest BCUT2D eigenvalue weighted by atomic mass is 10.1. The van der Waals surface area contributed by atoms with Crippen molar-refractivity contribution in [2.75, 3.05) is 0 Å². The van der Waals surface area contributed by atoms with Crippen molar-refractivity contribution in [3.8, 4) is 11.3 Å². The van der Waals surface area contributed by atoms with Gasteiger partial charge in [-0.1, -0.05) is 41.6 Å². The van der Waals surface area contributed by atoms with E-state index in [0.29, 0.717) is 17.4 Å². The molecule has 0 spiro atoms. The van der Waals surface area contributed by atoms with E-state index in [1.54, 1.807) is 24.3 Å². The molecule has 0 aliphatic carbocycles. The highest BCUT2D eigenvalue weighted by molar-refractivity contribution is 5.98. The zero-order chi connectivity index (χ0) is 19.4. The highest BCUT2D eigenvalue weighted by Gasteiger charge is 2.30. The smallest absolute Gasteiger partial charge is 0.355 e. The second-order valence-electron chi connectivity index (χ2n) is 5.43. The van der Waals surface area contributed by atoms with Crippen LogP contribution in [0.2, 0.25) is 0 Å². The van der Waals surface area contributed by atoms with Crippen molar-refractivity contribution in [2.45, 2.75) is 6.18 Å². The quantitative estimate of drug-likeness (QED) is 0.687. The van der Waals surface area contributed by atoms with Gasteiger partial charge in [-0.2, -0.15) is 13.2 Å². The predicted octanol–water partition coefficient (Wildman–Crippen LogP) is 3.44. The van der Waals surface area contributed by atoms with Gasteiger partial charge in [-0.05, 0) is 18.2 Å². The molecule has 138 valence electrons. The van der Waals surface area contributed by atoms with E-state index >= 15 is 0 Å². The molecule has 0 bridgehead atoms. The molecular weight excluding hydrogens is 363 g/mol. The third-order valence-electron chi connectivity index (χ3n) is 3.54. The Labute approximate surface area is 150 Å². The Kier molecular flexibility index (Phi) is 4.93. The van der Waals surface area contributed by atoms with Crippen LogP contribution in [0.3, 0.4) is 0 Å². The third kappa shape index (κ3) is 4.32. The third-order valence-corrected chi connectivity index (χ3v) is 3.54. The second-order valence-corrected chi connectivity index (χ2v) is 5.43. The molecule has 0 fully saturated rings. The zero-order valence-electron chi connectivity index (χ0n) is 13.6. The maximum Gasteiger partial charge on any atom is 0.416 e.